The van der Waals surface area contributed by atoms with E-state index in [0.29, 0.717) is 30.8 Å². The number of benzene rings is 2. The predicted molar refractivity (Wildman–Crippen MR) is 118 cm³/mol. The summed E-state index contributed by atoms with van der Waals surface area (Å²) >= 11 is 0. The Bertz CT molecular complexity index is 1000. The van der Waals surface area contributed by atoms with Gasteiger partial charge in [-0.3, -0.25) is 10.4 Å². The fourth-order valence-corrected chi connectivity index (χ4v) is 3.10. The van der Waals surface area contributed by atoms with E-state index in [1.54, 1.807) is 18.5 Å². The quantitative estimate of drug-likeness (QED) is 0.220. The maximum atomic E-state index is 8.87. The van der Waals surface area contributed by atoms with Gasteiger partial charge in [-0.15, -0.1) is 0 Å². The largest absolute Gasteiger partial charge is 0.398 e. The van der Waals surface area contributed by atoms with Crippen molar-refractivity contribution in [2.75, 3.05) is 18.9 Å². The van der Waals surface area contributed by atoms with E-state index in [1.165, 1.54) is 0 Å². The van der Waals surface area contributed by atoms with Crippen LogP contribution in [0.3, 0.4) is 0 Å². The molecular formula is C23H25N5O. The zero-order valence-corrected chi connectivity index (χ0v) is 16.2. The topological polar surface area (TPSA) is 119 Å². The van der Waals surface area contributed by atoms with E-state index in [0.717, 1.165) is 22.3 Å². The molecule has 3 rings (SSSR count). The van der Waals surface area contributed by atoms with Gasteiger partial charge in [-0.25, -0.2) is 0 Å². The highest BCUT2D eigenvalue weighted by molar-refractivity contribution is 6.47. The fourth-order valence-electron chi connectivity index (χ4n) is 3.10. The molecule has 0 radical (unpaired) electrons. The van der Waals surface area contributed by atoms with Gasteiger partial charge in [-0.05, 0) is 34.9 Å². The molecule has 0 unspecified atom stereocenters. The van der Waals surface area contributed by atoms with E-state index >= 15 is 0 Å². The van der Waals surface area contributed by atoms with Gasteiger partial charge in [0.05, 0.1) is 18.0 Å². The Labute approximate surface area is 170 Å². The molecule has 0 saturated carbocycles. The van der Waals surface area contributed by atoms with Gasteiger partial charge in [0, 0.05) is 48.7 Å². The molecule has 0 spiro atoms. The Morgan fingerprint density at radius 1 is 1.00 bits per heavy atom. The molecule has 0 amide bonds. The van der Waals surface area contributed by atoms with Crippen molar-refractivity contribution in [2.45, 2.75) is 13.0 Å². The van der Waals surface area contributed by atoms with Gasteiger partial charge in [-0.1, -0.05) is 36.4 Å². The van der Waals surface area contributed by atoms with Crippen LogP contribution in [0.5, 0.6) is 0 Å². The number of hydrogen-bond donors (Lipinski definition) is 5. The van der Waals surface area contributed by atoms with Gasteiger partial charge in [0.1, 0.15) is 0 Å². The molecule has 6 N–H and O–H groups in total. The van der Waals surface area contributed by atoms with Crippen molar-refractivity contribution in [3.05, 3.63) is 83.7 Å². The molecule has 148 valence electrons. The van der Waals surface area contributed by atoms with Gasteiger partial charge in [0.15, 0.2) is 0 Å². The van der Waals surface area contributed by atoms with Crippen molar-refractivity contribution in [2.24, 2.45) is 0 Å². The van der Waals surface area contributed by atoms with E-state index < -0.39 is 0 Å². The normalized spacial score (nSPS) is 10.7. The minimum Gasteiger partial charge on any atom is -0.398 e. The summed E-state index contributed by atoms with van der Waals surface area (Å²) in [5.41, 5.74) is 11.4. The Morgan fingerprint density at radius 2 is 1.83 bits per heavy atom. The first-order chi connectivity index (χ1) is 14.1. The molecule has 2 aromatic carbocycles. The van der Waals surface area contributed by atoms with Crippen LogP contribution < -0.4 is 11.1 Å². The third-order valence-corrected chi connectivity index (χ3v) is 4.61. The van der Waals surface area contributed by atoms with Crippen molar-refractivity contribution >= 4 is 17.1 Å². The number of nitrogens with one attached hydrogen (secondary N) is 3. The number of nitrogens with two attached hydrogens (primary N) is 1. The van der Waals surface area contributed by atoms with Gasteiger partial charge >= 0.3 is 0 Å². The molecule has 3 aromatic rings. The summed E-state index contributed by atoms with van der Waals surface area (Å²) in [5.74, 6) is 0. The third kappa shape index (κ3) is 5.34. The molecule has 1 heterocycles. The maximum absolute atomic E-state index is 8.87. The lowest BCUT2D eigenvalue weighted by Crippen LogP contribution is -2.19. The Balaban J connectivity index is 1.75. The van der Waals surface area contributed by atoms with Gasteiger partial charge in [-0.2, -0.15) is 0 Å². The zero-order valence-electron chi connectivity index (χ0n) is 16.2. The molecule has 0 aliphatic rings. The first-order valence-electron chi connectivity index (χ1n) is 9.44. The Kier molecular flexibility index (Phi) is 6.84. The predicted octanol–water partition coefficient (Wildman–Crippen LogP) is 3.04. The summed E-state index contributed by atoms with van der Waals surface area (Å²) in [6.45, 7) is 1.29. The number of nitrogen functional groups attached to an aromatic ring is 1. The van der Waals surface area contributed by atoms with E-state index in [9.17, 15) is 0 Å². The molecule has 1 aromatic heterocycles. The van der Waals surface area contributed by atoms with Crippen molar-refractivity contribution in [3.63, 3.8) is 0 Å². The molecule has 0 aliphatic heterocycles. The first-order valence-corrected chi connectivity index (χ1v) is 9.44. The summed E-state index contributed by atoms with van der Waals surface area (Å²) in [7, 11) is 0. The number of aliphatic hydroxyl groups excluding tert-OH is 1. The van der Waals surface area contributed by atoms with Crippen LogP contribution in [0.1, 0.15) is 16.7 Å². The number of anilines is 1. The average Bonchev–Trinajstić information content (AvgIpc) is 2.75. The average molecular weight is 387 g/mol. The van der Waals surface area contributed by atoms with Crippen LogP contribution in [0.25, 0.3) is 11.1 Å². The molecule has 0 saturated heterocycles. The van der Waals surface area contributed by atoms with Crippen LogP contribution in [-0.2, 0) is 13.0 Å². The van der Waals surface area contributed by atoms with Gasteiger partial charge in [0.2, 0.25) is 0 Å². The molecular weight excluding hydrogens is 362 g/mol. The van der Waals surface area contributed by atoms with Crippen LogP contribution >= 0.6 is 0 Å². The molecule has 6 nitrogen and oxygen atoms in total. The number of aromatic nitrogens is 1. The maximum Gasteiger partial charge on any atom is 0.0844 e. The van der Waals surface area contributed by atoms with Gasteiger partial charge in [0.25, 0.3) is 0 Å². The first kappa shape index (κ1) is 20.4. The second-order valence-electron chi connectivity index (χ2n) is 6.79. The number of pyridine rings is 1. The van der Waals surface area contributed by atoms with Crippen LogP contribution in [0.15, 0.2) is 67.0 Å². The molecule has 6 heteroatoms. The van der Waals surface area contributed by atoms with E-state index in [2.05, 4.69) is 10.3 Å². The third-order valence-electron chi connectivity index (χ3n) is 4.61. The minimum atomic E-state index is 0.0982. The van der Waals surface area contributed by atoms with Crippen molar-refractivity contribution in [3.8, 4) is 11.1 Å². The molecule has 0 bridgehead atoms. The summed E-state index contributed by atoms with van der Waals surface area (Å²) in [4.78, 5) is 4.14. The smallest absolute Gasteiger partial charge is 0.0844 e. The number of aliphatic hydroxyl groups is 1. The number of rotatable bonds is 9. The van der Waals surface area contributed by atoms with E-state index in [1.807, 2.05) is 48.5 Å². The second kappa shape index (κ2) is 9.73. The number of nitrogens with zero attached hydrogens (tertiary/aromatic N) is 1. The molecule has 29 heavy (non-hydrogen) atoms. The SMILES string of the molecule is N=C(Cc1cccc(CNCCO)c1)C(=N)c1cc(-c2cccnc2)ccc1N. The standard InChI is InChI=1S/C23H25N5O/c24-21-7-6-18(19-5-2-8-27-15-19)13-20(21)23(26)22(25)12-16-3-1-4-17(11-16)14-28-9-10-29/h1-8,11,13,15,25-26,28-29H,9-10,12,14,24H2. The Morgan fingerprint density at radius 3 is 2.59 bits per heavy atom. The minimum absolute atomic E-state index is 0.0982. The lowest BCUT2D eigenvalue weighted by atomic mass is 9.95. The lowest BCUT2D eigenvalue weighted by molar-refractivity contribution is 0.292. The number of hydrogen-bond acceptors (Lipinski definition) is 6. The highest BCUT2D eigenvalue weighted by Gasteiger charge is 2.14. The van der Waals surface area contributed by atoms with Crippen LogP contribution in [0, 0.1) is 10.8 Å². The molecule has 0 atom stereocenters. The Hall–Kier alpha value is -3.35. The van der Waals surface area contributed by atoms with Crippen LogP contribution in [0.2, 0.25) is 0 Å². The van der Waals surface area contributed by atoms with Crippen molar-refractivity contribution < 1.29 is 5.11 Å². The molecule has 0 fully saturated rings. The summed E-state index contributed by atoms with van der Waals surface area (Å²) in [6, 6.07) is 17.2. The van der Waals surface area contributed by atoms with Crippen LogP contribution in [-0.4, -0.2) is 34.7 Å². The van der Waals surface area contributed by atoms with Crippen molar-refractivity contribution in [1.29, 1.82) is 10.8 Å². The summed E-state index contributed by atoms with van der Waals surface area (Å²) in [5, 5.41) is 29.0. The highest BCUT2D eigenvalue weighted by atomic mass is 16.3. The van der Waals surface area contributed by atoms with E-state index in [4.69, 9.17) is 21.7 Å². The zero-order chi connectivity index (χ0) is 20.6. The van der Waals surface area contributed by atoms with E-state index in [-0.39, 0.29) is 18.0 Å². The molecule has 0 aliphatic carbocycles. The monoisotopic (exact) mass is 387 g/mol. The van der Waals surface area contributed by atoms with Crippen molar-refractivity contribution in [1.82, 2.24) is 10.3 Å². The van der Waals surface area contributed by atoms with Crippen LogP contribution in [0.4, 0.5) is 5.69 Å². The fraction of sp³-hybridized carbons (Fsp3) is 0.174. The highest BCUT2D eigenvalue weighted by Crippen LogP contribution is 2.24. The summed E-state index contributed by atoms with van der Waals surface area (Å²) < 4.78 is 0. The lowest BCUT2D eigenvalue weighted by Gasteiger charge is -2.12. The van der Waals surface area contributed by atoms with Gasteiger partial charge < -0.3 is 21.6 Å². The second-order valence-corrected chi connectivity index (χ2v) is 6.79. The summed E-state index contributed by atoms with van der Waals surface area (Å²) in [6.07, 6.45) is 3.83.